The smallest absolute Gasteiger partial charge is 0.340 e. The van der Waals surface area contributed by atoms with Crippen molar-refractivity contribution in [1.29, 1.82) is 0 Å². The van der Waals surface area contributed by atoms with Crippen LogP contribution in [0.5, 0.6) is 5.75 Å². The number of rotatable bonds is 2. The molecular weight excluding hydrogens is 216 g/mol. The summed E-state index contributed by atoms with van der Waals surface area (Å²) in [6.07, 6.45) is 0. The Hall–Kier alpha value is -1.66. The summed E-state index contributed by atoms with van der Waals surface area (Å²) in [4.78, 5) is 11.0. The van der Waals surface area contributed by atoms with E-state index in [0.29, 0.717) is 11.3 Å². The molecule has 1 rings (SSSR count). The molecule has 3 nitrogen and oxygen atoms in total. The average Bonchev–Trinajstić information content (AvgIpc) is 2.25. The first-order valence-corrected chi connectivity index (χ1v) is 4.69. The Labute approximate surface area is 92.6 Å². The molecule has 78 valence electrons. The van der Waals surface area contributed by atoms with Crippen LogP contribution in [0.25, 0.3) is 0 Å². The molecule has 0 amide bonds. The molecule has 0 bridgehead atoms. The van der Waals surface area contributed by atoms with Crippen molar-refractivity contribution in [3.8, 4) is 17.6 Å². The highest BCUT2D eigenvalue weighted by Gasteiger charge is 2.14. The number of alkyl halides is 1. The molecule has 0 aromatic heterocycles. The van der Waals surface area contributed by atoms with Crippen molar-refractivity contribution >= 4 is 17.6 Å². The second-order valence-corrected chi connectivity index (χ2v) is 2.89. The number of ether oxygens (including phenoxy) is 1. The van der Waals surface area contributed by atoms with Gasteiger partial charge < -0.3 is 9.84 Å². The zero-order chi connectivity index (χ0) is 11.3. The monoisotopic (exact) mass is 224 g/mol. The zero-order valence-corrected chi connectivity index (χ0v) is 8.84. The Balaban J connectivity index is 3.31. The van der Waals surface area contributed by atoms with E-state index in [-0.39, 0.29) is 11.4 Å². The fourth-order valence-corrected chi connectivity index (χ4v) is 1.22. The van der Waals surface area contributed by atoms with Gasteiger partial charge in [0.15, 0.2) is 0 Å². The van der Waals surface area contributed by atoms with Crippen LogP contribution in [0.15, 0.2) is 18.2 Å². The van der Waals surface area contributed by atoms with Gasteiger partial charge in [0.2, 0.25) is 0 Å². The standard InChI is InChI=1S/C11H9ClO3/c1-15-9-6-2-4-8(5-3-7-12)10(9)11(13)14/h2,4,6H,7H2,1H3,(H,13,14). The molecule has 0 atom stereocenters. The minimum atomic E-state index is -1.06. The second kappa shape index (κ2) is 5.28. The number of carbonyl (C=O) groups is 1. The van der Waals surface area contributed by atoms with Crippen LogP contribution in [0.2, 0.25) is 0 Å². The van der Waals surface area contributed by atoms with Gasteiger partial charge in [-0.15, -0.1) is 11.6 Å². The van der Waals surface area contributed by atoms with Crippen molar-refractivity contribution < 1.29 is 14.6 Å². The van der Waals surface area contributed by atoms with Crippen molar-refractivity contribution in [2.24, 2.45) is 0 Å². The Morgan fingerprint density at radius 3 is 2.87 bits per heavy atom. The molecular formula is C11H9ClO3. The molecule has 1 aromatic carbocycles. The van der Waals surface area contributed by atoms with Gasteiger partial charge in [-0.25, -0.2) is 4.79 Å². The lowest BCUT2D eigenvalue weighted by Gasteiger charge is -2.05. The molecule has 0 fully saturated rings. The van der Waals surface area contributed by atoms with E-state index >= 15 is 0 Å². The lowest BCUT2D eigenvalue weighted by atomic mass is 10.1. The van der Waals surface area contributed by atoms with Crippen molar-refractivity contribution in [2.45, 2.75) is 0 Å². The predicted molar refractivity (Wildman–Crippen MR) is 57.6 cm³/mol. The molecule has 15 heavy (non-hydrogen) atoms. The summed E-state index contributed by atoms with van der Waals surface area (Å²) in [5.41, 5.74) is 0.472. The second-order valence-electron chi connectivity index (χ2n) is 2.62. The van der Waals surface area contributed by atoms with Crippen molar-refractivity contribution in [3.05, 3.63) is 29.3 Å². The fourth-order valence-electron chi connectivity index (χ4n) is 1.15. The third-order valence-electron chi connectivity index (χ3n) is 1.75. The lowest BCUT2D eigenvalue weighted by molar-refractivity contribution is 0.0693. The largest absolute Gasteiger partial charge is 0.496 e. The van der Waals surface area contributed by atoms with Crippen LogP contribution in [0.3, 0.4) is 0 Å². The first-order valence-electron chi connectivity index (χ1n) is 4.15. The molecule has 4 heteroatoms. The number of methoxy groups -OCH3 is 1. The Bertz CT molecular complexity index is 429. The van der Waals surface area contributed by atoms with Crippen LogP contribution in [-0.4, -0.2) is 24.1 Å². The summed E-state index contributed by atoms with van der Waals surface area (Å²) < 4.78 is 4.95. The van der Waals surface area contributed by atoms with Gasteiger partial charge in [-0.05, 0) is 12.1 Å². The van der Waals surface area contributed by atoms with Gasteiger partial charge in [0, 0.05) is 5.56 Å². The molecule has 0 aliphatic heterocycles. The van der Waals surface area contributed by atoms with Crippen LogP contribution in [0.1, 0.15) is 15.9 Å². The highest BCUT2D eigenvalue weighted by Crippen LogP contribution is 2.21. The van der Waals surface area contributed by atoms with Gasteiger partial charge in [-0.3, -0.25) is 0 Å². The minimum absolute atomic E-state index is 0.0672. The molecule has 0 radical (unpaired) electrons. The van der Waals surface area contributed by atoms with Gasteiger partial charge in [-0.2, -0.15) is 0 Å². The van der Waals surface area contributed by atoms with Crippen molar-refractivity contribution in [1.82, 2.24) is 0 Å². The Kier molecular flexibility index (Phi) is 4.02. The van der Waals surface area contributed by atoms with Gasteiger partial charge in [0.1, 0.15) is 11.3 Å². The zero-order valence-electron chi connectivity index (χ0n) is 8.08. The van der Waals surface area contributed by atoms with Crippen LogP contribution in [0.4, 0.5) is 0 Å². The summed E-state index contributed by atoms with van der Waals surface area (Å²) in [6.45, 7) is 0. The third kappa shape index (κ3) is 2.64. The average molecular weight is 225 g/mol. The quantitative estimate of drug-likeness (QED) is 0.617. The third-order valence-corrected chi connectivity index (χ3v) is 1.88. The number of aromatic carboxylic acids is 1. The Morgan fingerprint density at radius 1 is 1.60 bits per heavy atom. The van der Waals surface area contributed by atoms with Gasteiger partial charge in [0.05, 0.1) is 13.0 Å². The lowest BCUT2D eigenvalue weighted by Crippen LogP contribution is -2.03. The van der Waals surface area contributed by atoms with Crippen LogP contribution >= 0.6 is 11.6 Å². The molecule has 1 aromatic rings. The van der Waals surface area contributed by atoms with E-state index in [4.69, 9.17) is 21.4 Å². The first kappa shape index (κ1) is 11.4. The number of hydrogen-bond donors (Lipinski definition) is 1. The molecule has 0 saturated carbocycles. The highest BCUT2D eigenvalue weighted by atomic mass is 35.5. The van der Waals surface area contributed by atoms with E-state index in [1.807, 2.05) is 0 Å². The van der Waals surface area contributed by atoms with Crippen molar-refractivity contribution in [2.75, 3.05) is 13.0 Å². The van der Waals surface area contributed by atoms with E-state index in [1.165, 1.54) is 7.11 Å². The van der Waals surface area contributed by atoms with Crippen LogP contribution in [0, 0.1) is 11.8 Å². The van der Waals surface area contributed by atoms with Crippen LogP contribution in [-0.2, 0) is 0 Å². The SMILES string of the molecule is COc1cccc(C#CCCl)c1C(=O)O. The van der Waals surface area contributed by atoms with Gasteiger partial charge in [0.25, 0.3) is 0 Å². The maximum atomic E-state index is 11.0. The summed E-state index contributed by atoms with van der Waals surface area (Å²) in [5, 5.41) is 9.00. The fraction of sp³-hybridized carbons (Fsp3) is 0.182. The maximum absolute atomic E-state index is 11.0. The molecule has 0 spiro atoms. The highest BCUT2D eigenvalue weighted by molar-refractivity contribution is 6.19. The molecule has 0 saturated heterocycles. The number of halogens is 1. The summed E-state index contributed by atoms with van der Waals surface area (Å²) in [7, 11) is 1.42. The van der Waals surface area contributed by atoms with E-state index in [2.05, 4.69) is 11.8 Å². The molecule has 0 unspecified atom stereocenters. The topological polar surface area (TPSA) is 46.5 Å². The normalized spacial score (nSPS) is 8.93. The summed E-state index contributed by atoms with van der Waals surface area (Å²) in [6, 6.07) is 4.88. The predicted octanol–water partition coefficient (Wildman–Crippen LogP) is 1.98. The molecule has 0 heterocycles. The molecule has 0 aliphatic rings. The molecule has 0 aliphatic carbocycles. The first-order chi connectivity index (χ1) is 7.20. The Morgan fingerprint density at radius 2 is 2.33 bits per heavy atom. The maximum Gasteiger partial charge on any atom is 0.340 e. The van der Waals surface area contributed by atoms with Crippen molar-refractivity contribution in [3.63, 3.8) is 0 Å². The minimum Gasteiger partial charge on any atom is -0.496 e. The van der Waals surface area contributed by atoms with E-state index < -0.39 is 5.97 Å². The van der Waals surface area contributed by atoms with E-state index in [0.717, 1.165) is 0 Å². The van der Waals surface area contributed by atoms with E-state index in [9.17, 15) is 4.79 Å². The van der Waals surface area contributed by atoms with E-state index in [1.54, 1.807) is 18.2 Å². The molecule has 1 N–H and O–H groups in total. The van der Waals surface area contributed by atoms with Gasteiger partial charge in [-0.1, -0.05) is 17.9 Å². The summed E-state index contributed by atoms with van der Waals surface area (Å²) in [5.74, 6) is 4.68. The number of carboxylic acids is 1. The van der Waals surface area contributed by atoms with Crippen LogP contribution < -0.4 is 4.74 Å². The van der Waals surface area contributed by atoms with Gasteiger partial charge >= 0.3 is 5.97 Å². The summed E-state index contributed by atoms with van der Waals surface area (Å²) >= 11 is 5.40. The number of benzene rings is 1. The number of carboxylic acid groups (broad SMARTS) is 1. The number of hydrogen-bond acceptors (Lipinski definition) is 2.